The van der Waals surface area contributed by atoms with Crippen LogP contribution in [0.15, 0.2) is 24.3 Å². The van der Waals surface area contributed by atoms with Crippen LogP contribution in [-0.4, -0.2) is 18.5 Å². The van der Waals surface area contributed by atoms with Gasteiger partial charge in [-0.15, -0.1) is 0 Å². The van der Waals surface area contributed by atoms with Crippen LogP contribution in [0.4, 0.5) is 5.69 Å². The van der Waals surface area contributed by atoms with Gasteiger partial charge in [-0.25, -0.2) is 0 Å². The molecule has 1 saturated carbocycles. The van der Waals surface area contributed by atoms with Gasteiger partial charge in [-0.2, -0.15) is 0 Å². The van der Waals surface area contributed by atoms with Crippen LogP contribution in [0.3, 0.4) is 0 Å². The fraction of sp³-hybridized carbons (Fsp3) is 0.588. The number of amides is 1. The Morgan fingerprint density at radius 2 is 1.95 bits per heavy atom. The van der Waals surface area contributed by atoms with Gasteiger partial charge >= 0.3 is 0 Å². The van der Waals surface area contributed by atoms with Gasteiger partial charge in [0.25, 0.3) is 0 Å². The topological polar surface area (TPSA) is 41.1 Å². The van der Waals surface area contributed by atoms with E-state index in [4.69, 9.17) is 0 Å². The Hall–Kier alpha value is -1.35. The highest BCUT2D eigenvalue weighted by Gasteiger charge is 2.20. The van der Waals surface area contributed by atoms with E-state index in [-0.39, 0.29) is 5.91 Å². The predicted octanol–water partition coefficient (Wildman–Crippen LogP) is 3.50. The highest BCUT2D eigenvalue weighted by atomic mass is 16.1. The molecule has 0 aromatic heterocycles. The molecular formula is C17H26N2O. The fourth-order valence-corrected chi connectivity index (χ4v) is 2.23. The quantitative estimate of drug-likeness (QED) is 0.677. The zero-order valence-corrected chi connectivity index (χ0v) is 12.5. The van der Waals surface area contributed by atoms with E-state index in [1.54, 1.807) is 0 Å². The lowest BCUT2D eigenvalue weighted by atomic mass is 10.1. The van der Waals surface area contributed by atoms with Crippen molar-refractivity contribution in [1.29, 1.82) is 0 Å². The maximum Gasteiger partial charge on any atom is 0.225 e. The van der Waals surface area contributed by atoms with Crippen LogP contribution < -0.4 is 10.6 Å². The van der Waals surface area contributed by atoms with Crippen LogP contribution in [0.25, 0.3) is 0 Å². The Kier molecular flexibility index (Phi) is 6.06. The number of carbonyl (C=O) groups is 1. The first kappa shape index (κ1) is 15.0. The molecule has 0 heterocycles. The summed E-state index contributed by atoms with van der Waals surface area (Å²) < 4.78 is 0. The number of benzene rings is 1. The fourth-order valence-electron chi connectivity index (χ4n) is 2.23. The Morgan fingerprint density at radius 1 is 1.20 bits per heavy atom. The SMILES string of the molecule is CCCCCc1ccc(NC(=O)CCNC2CC2)cc1. The number of unbranched alkanes of at least 4 members (excludes halogenated alkanes) is 2. The zero-order valence-electron chi connectivity index (χ0n) is 12.5. The van der Waals surface area contributed by atoms with Crippen LogP contribution in [-0.2, 0) is 11.2 Å². The number of nitrogens with one attached hydrogen (secondary N) is 2. The molecule has 0 saturated heterocycles. The van der Waals surface area contributed by atoms with Crippen LogP contribution in [0.1, 0.15) is 51.0 Å². The van der Waals surface area contributed by atoms with Crippen molar-refractivity contribution in [3.63, 3.8) is 0 Å². The zero-order chi connectivity index (χ0) is 14.2. The lowest BCUT2D eigenvalue weighted by molar-refractivity contribution is -0.116. The summed E-state index contributed by atoms with van der Waals surface area (Å²) in [4.78, 5) is 11.8. The van der Waals surface area contributed by atoms with Crippen molar-refractivity contribution in [2.45, 2.75) is 57.9 Å². The molecule has 1 aliphatic rings. The van der Waals surface area contributed by atoms with Gasteiger partial charge in [0.05, 0.1) is 0 Å². The molecule has 0 unspecified atom stereocenters. The predicted molar refractivity (Wildman–Crippen MR) is 83.9 cm³/mol. The van der Waals surface area contributed by atoms with Gasteiger partial charge in [0.2, 0.25) is 5.91 Å². The van der Waals surface area contributed by atoms with E-state index in [9.17, 15) is 4.79 Å². The largest absolute Gasteiger partial charge is 0.326 e. The highest BCUT2D eigenvalue weighted by Crippen LogP contribution is 2.18. The first-order valence-electron chi connectivity index (χ1n) is 7.90. The molecule has 3 nitrogen and oxygen atoms in total. The number of hydrogen-bond acceptors (Lipinski definition) is 2. The third-order valence-corrected chi connectivity index (χ3v) is 3.67. The highest BCUT2D eigenvalue weighted by molar-refractivity contribution is 5.90. The van der Waals surface area contributed by atoms with E-state index in [1.807, 2.05) is 12.1 Å². The van der Waals surface area contributed by atoms with E-state index in [0.29, 0.717) is 12.5 Å². The van der Waals surface area contributed by atoms with Crippen LogP contribution in [0.2, 0.25) is 0 Å². The second kappa shape index (κ2) is 8.05. The summed E-state index contributed by atoms with van der Waals surface area (Å²) in [6.45, 7) is 3.00. The van der Waals surface area contributed by atoms with Crippen LogP contribution in [0, 0.1) is 0 Å². The Morgan fingerprint density at radius 3 is 2.60 bits per heavy atom. The average molecular weight is 274 g/mol. The Balaban J connectivity index is 1.67. The van der Waals surface area contributed by atoms with Crippen LogP contribution in [0.5, 0.6) is 0 Å². The summed E-state index contributed by atoms with van der Waals surface area (Å²) in [5, 5.41) is 6.30. The molecule has 1 fully saturated rings. The first-order valence-corrected chi connectivity index (χ1v) is 7.90. The number of anilines is 1. The van der Waals surface area contributed by atoms with Gasteiger partial charge in [0, 0.05) is 24.7 Å². The lowest BCUT2D eigenvalue weighted by Crippen LogP contribution is -2.23. The minimum Gasteiger partial charge on any atom is -0.326 e. The number of hydrogen-bond donors (Lipinski definition) is 2. The van der Waals surface area contributed by atoms with Gasteiger partial charge < -0.3 is 10.6 Å². The third kappa shape index (κ3) is 5.74. The maximum absolute atomic E-state index is 11.8. The van der Waals surface area contributed by atoms with Crippen molar-refractivity contribution in [2.75, 3.05) is 11.9 Å². The van der Waals surface area contributed by atoms with E-state index in [0.717, 1.165) is 18.7 Å². The monoisotopic (exact) mass is 274 g/mol. The molecule has 2 N–H and O–H groups in total. The Bertz CT molecular complexity index is 410. The van der Waals surface area contributed by atoms with Crippen molar-refractivity contribution in [2.24, 2.45) is 0 Å². The molecule has 3 heteroatoms. The molecule has 0 radical (unpaired) electrons. The molecule has 0 bridgehead atoms. The number of rotatable bonds is 9. The molecule has 1 amide bonds. The van der Waals surface area contributed by atoms with Gasteiger partial charge in [0.15, 0.2) is 0 Å². The molecule has 110 valence electrons. The first-order chi connectivity index (χ1) is 9.78. The standard InChI is InChI=1S/C17H26N2O/c1-2-3-4-5-14-6-8-16(9-7-14)19-17(20)12-13-18-15-10-11-15/h6-9,15,18H,2-5,10-13H2,1H3,(H,19,20). The normalized spacial score (nSPS) is 14.2. The third-order valence-electron chi connectivity index (χ3n) is 3.67. The van der Waals surface area contributed by atoms with E-state index in [1.165, 1.54) is 37.7 Å². The molecule has 20 heavy (non-hydrogen) atoms. The summed E-state index contributed by atoms with van der Waals surface area (Å²) >= 11 is 0. The molecule has 1 aliphatic carbocycles. The van der Waals surface area contributed by atoms with E-state index < -0.39 is 0 Å². The molecule has 0 aliphatic heterocycles. The van der Waals surface area contributed by atoms with Gasteiger partial charge in [-0.1, -0.05) is 31.9 Å². The summed E-state index contributed by atoms with van der Waals surface area (Å²) in [6.07, 6.45) is 7.99. The van der Waals surface area contributed by atoms with E-state index in [2.05, 4.69) is 29.7 Å². The summed E-state index contributed by atoms with van der Waals surface area (Å²) in [5.41, 5.74) is 2.26. The van der Waals surface area contributed by atoms with Crippen molar-refractivity contribution in [3.8, 4) is 0 Å². The number of carbonyl (C=O) groups excluding carboxylic acids is 1. The maximum atomic E-state index is 11.8. The minimum atomic E-state index is 0.0943. The molecule has 1 aromatic rings. The van der Waals surface area contributed by atoms with Gasteiger partial charge in [-0.3, -0.25) is 4.79 Å². The smallest absolute Gasteiger partial charge is 0.225 e. The average Bonchev–Trinajstić information content (AvgIpc) is 3.25. The number of aryl methyl sites for hydroxylation is 1. The van der Waals surface area contributed by atoms with Crippen molar-refractivity contribution >= 4 is 11.6 Å². The Labute approximate surface area is 122 Å². The minimum absolute atomic E-state index is 0.0943. The molecule has 2 rings (SSSR count). The van der Waals surface area contributed by atoms with Crippen molar-refractivity contribution in [3.05, 3.63) is 29.8 Å². The molecule has 1 aromatic carbocycles. The second-order valence-electron chi connectivity index (χ2n) is 5.68. The van der Waals surface area contributed by atoms with Gasteiger partial charge in [-0.05, 0) is 43.4 Å². The van der Waals surface area contributed by atoms with Gasteiger partial charge in [0.1, 0.15) is 0 Å². The van der Waals surface area contributed by atoms with Crippen molar-refractivity contribution in [1.82, 2.24) is 5.32 Å². The second-order valence-corrected chi connectivity index (χ2v) is 5.68. The lowest BCUT2D eigenvalue weighted by Gasteiger charge is -2.07. The summed E-state index contributed by atoms with van der Waals surface area (Å²) in [6, 6.07) is 8.92. The van der Waals surface area contributed by atoms with Crippen molar-refractivity contribution < 1.29 is 4.79 Å². The molecular weight excluding hydrogens is 248 g/mol. The summed E-state index contributed by atoms with van der Waals surface area (Å²) in [7, 11) is 0. The van der Waals surface area contributed by atoms with E-state index >= 15 is 0 Å². The van der Waals surface area contributed by atoms with Crippen LogP contribution >= 0.6 is 0 Å². The molecule has 0 atom stereocenters. The summed E-state index contributed by atoms with van der Waals surface area (Å²) in [5.74, 6) is 0.0943. The molecule has 0 spiro atoms.